The smallest absolute Gasteiger partial charge is 0.0639 e. The van der Waals surface area contributed by atoms with Crippen LogP contribution < -0.4 is 4.90 Å². The quantitative estimate of drug-likeness (QED) is 0.152. The molecular weight excluding hydrogens is 597 g/mol. The lowest BCUT2D eigenvalue weighted by Gasteiger charge is -2.40. The van der Waals surface area contributed by atoms with Gasteiger partial charge in [0, 0.05) is 35.4 Å². The average Bonchev–Trinajstić information content (AvgIpc) is 3.27. The van der Waals surface area contributed by atoms with E-state index in [-0.39, 0.29) is 23.3 Å². The number of hydrogen-bond donors (Lipinski definition) is 1. The second kappa shape index (κ2) is 15.7. The van der Waals surface area contributed by atoms with E-state index < -0.39 is 0 Å². The highest BCUT2D eigenvalue weighted by Crippen LogP contribution is 2.57. The minimum atomic E-state index is -0.175. The summed E-state index contributed by atoms with van der Waals surface area (Å²) in [7, 11) is 0. The maximum Gasteiger partial charge on any atom is 0.0639 e. The minimum Gasteiger partial charge on any atom is -0.337 e. The first-order valence-corrected chi connectivity index (χ1v) is 17.7. The van der Waals surface area contributed by atoms with Gasteiger partial charge in [0.05, 0.1) is 23.5 Å². The maximum atomic E-state index is 8.45. The Morgan fingerprint density at radius 2 is 1.71 bits per heavy atom. The zero-order valence-corrected chi connectivity index (χ0v) is 29.7. The number of hydrogen-bond acceptors (Lipinski definition) is 4. The van der Waals surface area contributed by atoms with E-state index in [0.29, 0.717) is 18.4 Å². The third kappa shape index (κ3) is 7.64. The van der Waals surface area contributed by atoms with Crippen LogP contribution in [-0.2, 0) is 0 Å². The van der Waals surface area contributed by atoms with Crippen LogP contribution >= 0.6 is 0 Å². The zero-order chi connectivity index (χ0) is 35.1. The highest BCUT2D eigenvalue weighted by atomic mass is 15.2. The van der Waals surface area contributed by atoms with E-state index in [1.165, 1.54) is 6.21 Å². The van der Waals surface area contributed by atoms with Crippen molar-refractivity contribution in [3.05, 3.63) is 164 Å². The first-order valence-electron chi connectivity index (χ1n) is 17.7. The van der Waals surface area contributed by atoms with Crippen molar-refractivity contribution < 1.29 is 0 Å². The summed E-state index contributed by atoms with van der Waals surface area (Å²) in [4.78, 5) is 9.43. The van der Waals surface area contributed by atoms with Crippen LogP contribution in [0.25, 0.3) is 0 Å². The molecule has 5 rings (SSSR count). The lowest BCUT2D eigenvalue weighted by atomic mass is 9.71. The molecule has 0 radical (unpaired) electrons. The van der Waals surface area contributed by atoms with Gasteiger partial charge in [0.25, 0.3) is 0 Å². The molecule has 1 fully saturated rings. The van der Waals surface area contributed by atoms with Crippen molar-refractivity contribution in [3.63, 3.8) is 0 Å². The Hall–Kier alpha value is -4.70. The number of dihydropyridines is 1. The fourth-order valence-electron chi connectivity index (χ4n) is 8.02. The summed E-state index contributed by atoms with van der Waals surface area (Å²) in [6.45, 7) is 31.5. The molecule has 1 saturated carbocycles. The molecule has 0 spiro atoms. The molecule has 1 aromatic rings. The van der Waals surface area contributed by atoms with Gasteiger partial charge in [0.1, 0.15) is 0 Å². The summed E-state index contributed by atoms with van der Waals surface area (Å²) in [5.41, 5.74) is 7.87. The lowest BCUT2D eigenvalue weighted by molar-refractivity contribution is 0.194. The molecule has 4 aliphatic rings. The Bertz CT molecular complexity index is 1670. The predicted molar refractivity (Wildman–Crippen MR) is 212 cm³/mol. The van der Waals surface area contributed by atoms with Gasteiger partial charge in [0.15, 0.2) is 0 Å². The van der Waals surface area contributed by atoms with E-state index in [0.717, 1.165) is 83.7 Å². The highest BCUT2D eigenvalue weighted by Gasteiger charge is 2.48. The fraction of sp³-hybridized carbons (Fsp3) is 0.333. The van der Waals surface area contributed by atoms with Crippen molar-refractivity contribution >= 4 is 18.1 Å². The molecule has 4 heteroatoms. The van der Waals surface area contributed by atoms with Gasteiger partial charge in [0.2, 0.25) is 0 Å². The van der Waals surface area contributed by atoms with Crippen molar-refractivity contribution in [3.8, 4) is 0 Å². The van der Waals surface area contributed by atoms with Gasteiger partial charge in [-0.25, -0.2) is 0 Å². The Morgan fingerprint density at radius 1 is 1.00 bits per heavy atom. The molecule has 1 aliphatic heterocycles. The van der Waals surface area contributed by atoms with Gasteiger partial charge in [-0.2, -0.15) is 0 Å². The summed E-state index contributed by atoms with van der Waals surface area (Å²) in [6, 6.07) is 10.6. The first kappa shape index (κ1) is 35.6. The molecule has 0 amide bonds. The molecule has 0 saturated heterocycles. The summed E-state index contributed by atoms with van der Waals surface area (Å²) >= 11 is 0. The Labute approximate surface area is 295 Å². The van der Waals surface area contributed by atoms with Crippen LogP contribution in [0.5, 0.6) is 0 Å². The predicted octanol–water partition coefficient (Wildman–Crippen LogP) is 11.2. The zero-order valence-electron chi connectivity index (χ0n) is 29.7. The third-order valence-electron chi connectivity index (χ3n) is 10.8. The molecule has 0 bridgehead atoms. The largest absolute Gasteiger partial charge is 0.337 e. The number of nitrogens with zero attached hydrogens (tertiary/aromatic N) is 3. The van der Waals surface area contributed by atoms with Crippen molar-refractivity contribution in [1.29, 1.82) is 5.41 Å². The first-order chi connectivity index (χ1) is 23.6. The van der Waals surface area contributed by atoms with E-state index in [1.807, 2.05) is 36.6 Å². The summed E-state index contributed by atoms with van der Waals surface area (Å²) in [6.07, 6.45) is 29.4. The summed E-state index contributed by atoms with van der Waals surface area (Å²) in [5, 5.41) is 8.45. The van der Waals surface area contributed by atoms with Crippen molar-refractivity contribution in [2.75, 3.05) is 4.90 Å². The molecule has 3 aliphatic carbocycles. The Balaban J connectivity index is 1.42. The number of para-hydroxylation sites is 1. The second-order valence-corrected chi connectivity index (χ2v) is 14.3. The minimum absolute atomic E-state index is 0.0169. The van der Waals surface area contributed by atoms with Crippen LogP contribution in [0.1, 0.15) is 58.8 Å². The topological polar surface area (TPSA) is 42.7 Å². The average molecular weight is 651 g/mol. The van der Waals surface area contributed by atoms with Crippen LogP contribution in [0.2, 0.25) is 0 Å². The third-order valence-corrected chi connectivity index (χ3v) is 10.8. The maximum absolute atomic E-state index is 8.45. The highest BCUT2D eigenvalue weighted by molar-refractivity contribution is 5.85. The van der Waals surface area contributed by atoms with E-state index in [4.69, 9.17) is 17.0 Å². The molecule has 1 N–H and O–H groups in total. The monoisotopic (exact) mass is 650 g/mol. The number of benzene rings is 1. The van der Waals surface area contributed by atoms with Crippen LogP contribution in [0.15, 0.2) is 169 Å². The van der Waals surface area contributed by atoms with Crippen LogP contribution in [0.4, 0.5) is 5.69 Å². The number of fused-ring (bicyclic) bond motifs is 1. The molecular formula is C45H54N4. The number of anilines is 1. The Morgan fingerprint density at radius 3 is 2.35 bits per heavy atom. The Kier molecular flexibility index (Phi) is 11.4. The van der Waals surface area contributed by atoms with Gasteiger partial charge in [-0.15, -0.1) is 13.2 Å². The van der Waals surface area contributed by atoms with Crippen LogP contribution in [-0.4, -0.2) is 29.4 Å². The molecule has 1 heterocycles. The molecule has 254 valence electrons. The summed E-state index contributed by atoms with van der Waals surface area (Å²) < 4.78 is 0. The van der Waals surface area contributed by atoms with Crippen molar-refractivity contribution in [2.24, 2.45) is 28.2 Å². The van der Waals surface area contributed by atoms with Crippen LogP contribution in [0, 0.1) is 28.6 Å². The second-order valence-electron chi connectivity index (χ2n) is 14.3. The molecule has 0 aromatic heterocycles. The number of aliphatic imine (C=N–C) groups is 1. The molecule has 1 aromatic carbocycles. The fourth-order valence-corrected chi connectivity index (χ4v) is 8.02. The lowest BCUT2D eigenvalue weighted by Crippen LogP contribution is -2.37. The van der Waals surface area contributed by atoms with E-state index in [2.05, 4.69) is 111 Å². The number of nitrogens with one attached hydrogen (secondary N) is 1. The number of allylic oxidation sites excluding steroid dienone is 12. The molecule has 5 unspecified atom stereocenters. The molecule has 4 nitrogen and oxygen atoms in total. The summed E-state index contributed by atoms with van der Waals surface area (Å²) in [5.74, 6) is 0.535. The number of rotatable bonds is 15. The van der Waals surface area contributed by atoms with Gasteiger partial charge in [-0.3, -0.25) is 4.99 Å². The van der Waals surface area contributed by atoms with Gasteiger partial charge in [-0.05, 0) is 97.1 Å². The molecule has 5 atom stereocenters. The molecule has 49 heavy (non-hydrogen) atoms. The van der Waals surface area contributed by atoms with Gasteiger partial charge >= 0.3 is 0 Å². The normalized spacial score (nSPS) is 24.7. The van der Waals surface area contributed by atoms with Crippen molar-refractivity contribution in [2.45, 2.75) is 70.9 Å². The standard InChI is InChI=1S/C45H54N4/c1-9-19-38(10-2)48(41-29-37-22-17-18-25-44(37)47-31-41)32(3)26-42-34(5)35(6)43(45(42,7)8)27-33(4)49(39-23-15-12-16-24-39)40(30-46)28-36-20-13-11-14-21-36/h9-10,12-13,15-17,20-24,28-31,37-38,42-44,46H,1-6,11,14,18-19,25-27H2,7-8H3. The van der Waals surface area contributed by atoms with Gasteiger partial charge in [-0.1, -0.05) is 107 Å². The van der Waals surface area contributed by atoms with Gasteiger partial charge < -0.3 is 15.2 Å². The van der Waals surface area contributed by atoms with E-state index in [1.54, 1.807) is 0 Å². The van der Waals surface area contributed by atoms with E-state index in [9.17, 15) is 0 Å². The van der Waals surface area contributed by atoms with Crippen molar-refractivity contribution in [1.82, 2.24) is 4.90 Å². The van der Waals surface area contributed by atoms with E-state index >= 15 is 0 Å². The van der Waals surface area contributed by atoms with Crippen LogP contribution in [0.3, 0.4) is 0 Å². The SMILES string of the molecule is C=CCC(C=C)N(C(=C)CC1C(=C)C(=C)C(CC(=C)N(C(C=N)=CC2=CCCC=C2)c2ccccc2)C1(C)C)C1=CC2C=CCCC2N=C1.